The predicted molar refractivity (Wildman–Crippen MR) is 109 cm³/mol. The van der Waals surface area contributed by atoms with Crippen LogP contribution in [-0.2, 0) is 4.79 Å². The number of nitrogens with zero attached hydrogens (tertiary/aromatic N) is 4. The van der Waals surface area contributed by atoms with Crippen LogP contribution in [0.3, 0.4) is 0 Å². The average molecular weight is 392 g/mol. The Kier molecular flexibility index (Phi) is 5.00. The predicted octanol–water partition coefficient (Wildman–Crippen LogP) is 4.40. The summed E-state index contributed by atoms with van der Waals surface area (Å²) < 4.78 is 6.32. The lowest BCUT2D eigenvalue weighted by Crippen LogP contribution is -2.37. The van der Waals surface area contributed by atoms with Gasteiger partial charge in [-0.2, -0.15) is 4.98 Å². The zero-order chi connectivity index (χ0) is 19.7. The van der Waals surface area contributed by atoms with Crippen LogP contribution >= 0.6 is 11.8 Å². The number of hydrogen-bond acceptors (Lipinski definition) is 6. The molecule has 1 aliphatic heterocycles. The molecule has 6 nitrogen and oxygen atoms in total. The third kappa shape index (κ3) is 3.22. The largest absolute Gasteiger partial charge is 0.447 e. The highest BCUT2D eigenvalue weighted by molar-refractivity contribution is 7.98. The van der Waals surface area contributed by atoms with Crippen LogP contribution in [0, 0.1) is 6.92 Å². The lowest BCUT2D eigenvalue weighted by Gasteiger charge is -2.30. The molecule has 142 valence electrons. The van der Waals surface area contributed by atoms with Crippen LogP contribution in [0.5, 0.6) is 5.88 Å². The van der Waals surface area contributed by atoms with Gasteiger partial charge in [-0.05, 0) is 19.2 Å². The molecule has 28 heavy (non-hydrogen) atoms. The van der Waals surface area contributed by atoms with Gasteiger partial charge in [-0.1, -0.05) is 66.7 Å². The molecule has 3 aromatic rings. The van der Waals surface area contributed by atoms with Gasteiger partial charge in [0, 0.05) is 17.5 Å². The SMILES string of the molecule is CCC(=O)N1c2ccccc2-c2nnc(SC)nc2O[C@H]1c1ccc(C)cc1. The van der Waals surface area contributed by atoms with E-state index in [9.17, 15) is 4.79 Å². The van der Waals surface area contributed by atoms with Crippen LogP contribution in [0.15, 0.2) is 53.7 Å². The molecule has 0 fully saturated rings. The molecule has 0 saturated carbocycles. The maximum atomic E-state index is 13.0. The van der Waals surface area contributed by atoms with Gasteiger partial charge < -0.3 is 4.74 Å². The van der Waals surface area contributed by atoms with Gasteiger partial charge in [0.05, 0.1) is 5.69 Å². The van der Waals surface area contributed by atoms with Crippen molar-refractivity contribution >= 4 is 23.4 Å². The number of anilines is 1. The first-order valence-corrected chi connectivity index (χ1v) is 10.3. The standard InChI is InChI=1S/C21H20N4O2S/c1-4-17(26)25-16-8-6-5-7-15(16)18-19(22-21(28-3)24-23-18)27-20(25)14-11-9-13(2)10-12-14/h5-12,20H,4H2,1-3H3/t20-/m0/s1. The van der Waals surface area contributed by atoms with Crippen molar-refractivity contribution in [3.05, 3.63) is 59.7 Å². The maximum Gasteiger partial charge on any atom is 0.247 e. The van der Waals surface area contributed by atoms with Gasteiger partial charge in [-0.3, -0.25) is 9.69 Å². The van der Waals surface area contributed by atoms with E-state index < -0.39 is 6.23 Å². The Hall–Kier alpha value is -2.93. The zero-order valence-corrected chi connectivity index (χ0v) is 16.7. The number of carbonyl (C=O) groups is 1. The van der Waals surface area contributed by atoms with Gasteiger partial charge in [0.2, 0.25) is 23.2 Å². The summed E-state index contributed by atoms with van der Waals surface area (Å²) >= 11 is 1.40. The number of aryl methyl sites for hydroxylation is 1. The molecule has 0 radical (unpaired) electrons. The van der Waals surface area contributed by atoms with Gasteiger partial charge in [0.1, 0.15) is 0 Å². The lowest BCUT2D eigenvalue weighted by molar-refractivity contribution is -0.120. The molecule has 0 spiro atoms. The minimum atomic E-state index is -0.637. The van der Waals surface area contributed by atoms with E-state index in [4.69, 9.17) is 4.74 Å². The van der Waals surface area contributed by atoms with Crippen molar-refractivity contribution in [2.75, 3.05) is 11.2 Å². The monoisotopic (exact) mass is 392 g/mol. The number of para-hydroxylation sites is 1. The van der Waals surface area contributed by atoms with E-state index in [0.717, 1.165) is 22.4 Å². The third-order valence-corrected chi connectivity index (χ3v) is 5.17. The van der Waals surface area contributed by atoms with Gasteiger partial charge in [0.15, 0.2) is 5.69 Å². The number of amides is 1. The van der Waals surface area contributed by atoms with E-state index in [1.807, 2.05) is 68.6 Å². The van der Waals surface area contributed by atoms with Crippen LogP contribution in [-0.4, -0.2) is 27.3 Å². The molecule has 1 aliphatic rings. The molecule has 0 bridgehead atoms. The second-order valence-electron chi connectivity index (χ2n) is 6.47. The number of thioether (sulfide) groups is 1. The van der Waals surface area contributed by atoms with Crippen LogP contribution in [0.2, 0.25) is 0 Å². The molecule has 1 atom stereocenters. The van der Waals surface area contributed by atoms with Gasteiger partial charge >= 0.3 is 0 Å². The first kappa shape index (κ1) is 18.4. The van der Waals surface area contributed by atoms with Gasteiger partial charge in [-0.15, -0.1) is 10.2 Å². The second-order valence-corrected chi connectivity index (χ2v) is 7.24. The Morgan fingerprint density at radius 1 is 1.14 bits per heavy atom. The van der Waals surface area contributed by atoms with Crippen molar-refractivity contribution in [3.8, 4) is 17.1 Å². The molecule has 2 aromatic carbocycles. The summed E-state index contributed by atoms with van der Waals surface area (Å²) in [5.41, 5.74) is 4.07. The summed E-state index contributed by atoms with van der Waals surface area (Å²) in [7, 11) is 0. The maximum absolute atomic E-state index is 13.0. The Labute approximate surface area is 168 Å². The molecule has 0 unspecified atom stereocenters. The van der Waals surface area contributed by atoms with E-state index >= 15 is 0 Å². The Morgan fingerprint density at radius 3 is 2.61 bits per heavy atom. The first-order valence-electron chi connectivity index (χ1n) is 9.05. The normalized spacial score (nSPS) is 15.2. The highest BCUT2D eigenvalue weighted by Gasteiger charge is 2.35. The summed E-state index contributed by atoms with van der Waals surface area (Å²) in [6, 6.07) is 15.6. The molecule has 0 saturated heterocycles. The second kappa shape index (κ2) is 7.59. The summed E-state index contributed by atoms with van der Waals surface area (Å²) in [5.74, 6) is 0.340. The number of hydrogen-bond donors (Lipinski definition) is 0. The number of carbonyl (C=O) groups excluding carboxylic acids is 1. The third-order valence-electron chi connectivity index (χ3n) is 4.63. The van der Waals surface area contributed by atoms with Crippen molar-refractivity contribution in [1.82, 2.24) is 15.2 Å². The van der Waals surface area contributed by atoms with Crippen molar-refractivity contribution < 1.29 is 9.53 Å². The molecular formula is C21H20N4O2S. The first-order chi connectivity index (χ1) is 13.6. The van der Waals surface area contributed by atoms with Crippen LogP contribution in [0.1, 0.15) is 30.7 Å². The fourth-order valence-corrected chi connectivity index (χ4v) is 3.48. The molecule has 4 rings (SSSR count). The fourth-order valence-electron chi connectivity index (χ4n) is 3.19. The molecule has 0 aliphatic carbocycles. The number of ether oxygens (including phenoxy) is 1. The van der Waals surface area contributed by atoms with Crippen molar-refractivity contribution in [2.24, 2.45) is 0 Å². The van der Waals surface area contributed by atoms with E-state index in [0.29, 0.717) is 23.2 Å². The lowest BCUT2D eigenvalue weighted by atomic mass is 10.1. The summed E-state index contributed by atoms with van der Waals surface area (Å²) in [4.78, 5) is 19.2. The fraction of sp³-hybridized carbons (Fsp3) is 0.238. The number of benzene rings is 2. The summed E-state index contributed by atoms with van der Waals surface area (Å²) in [6.07, 6.45) is 1.60. The minimum Gasteiger partial charge on any atom is -0.447 e. The Bertz CT molecular complexity index is 1020. The highest BCUT2D eigenvalue weighted by atomic mass is 32.2. The van der Waals surface area contributed by atoms with E-state index in [1.54, 1.807) is 4.90 Å². The van der Waals surface area contributed by atoms with E-state index in [1.165, 1.54) is 11.8 Å². The quantitative estimate of drug-likeness (QED) is 0.615. The smallest absolute Gasteiger partial charge is 0.247 e. The summed E-state index contributed by atoms with van der Waals surface area (Å²) in [5, 5.41) is 9.05. The molecule has 1 aromatic heterocycles. The molecule has 0 N–H and O–H groups in total. The van der Waals surface area contributed by atoms with Gasteiger partial charge in [0.25, 0.3) is 0 Å². The highest BCUT2D eigenvalue weighted by Crippen LogP contribution is 2.43. The Morgan fingerprint density at radius 2 is 1.89 bits per heavy atom. The average Bonchev–Trinajstić information content (AvgIpc) is 2.88. The molecular weight excluding hydrogens is 372 g/mol. The van der Waals surface area contributed by atoms with E-state index in [-0.39, 0.29) is 5.91 Å². The van der Waals surface area contributed by atoms with E-state index in [2.05, 4.69) is 15.2 Å². The van der Waals surface area contributed by atoms with Crippen molar-refractivity contribution in [2.45, 2.75) is 31.7 Å². The molecule has 2 heterocycles. The number of rotatable bonds is 3. The number of aromatic nitrogens is 3. The number of fused-ring (bicyclic) bond motifs is 3. The van der Waals surface area contributed by atoms with Crippen molar-refractivity contribution in [1.29, 1.82) is 0 Å². The molecule has 1 amide bonds. The Balaban J connectivity index is 1.96. The summed E-state index contributed by atoms with van der Waals surface area (Å²) in [6.45, 7) is 3.87. The van der Waals surface area contributed by atoms with Crippen LogP contribution in [0.25, 0.3) is 11.3 Å². The topological polar surface area (TPSA) is 68.2 Å². The van der Waals surface area contributed by atoms with Gasteiger partial charge in [-0.25, -0.2) is 0 Å². The zero-order valence-electron chi connectivity index (χ0n) is 15.9. The van der Waals surface area contributed by atoms with Crippen LogP contribution in [0.4, 0.5) is 5.69 Å². The van der Waals surface area contributed by atoms with Crippen LogP contribution < -0.4 is 9.64 Å². The minimum absolute atomic E-state index is 0.0381. The molecule has 7 heteroatoms. The van der Waals surface area contributed by atoms with Crippen molar-refractivity contribution in [3.63, 3.8) is 0 Å².